The number of aromatic nitrogens is 1. The summed E-state index contributed by atoms with van der Waals surface area (Å²) < 4.78 is 15.1. The zero-order valence-electron chi connectivity index (χ0n) is 13.5. The van der Waals surface area contributed by atoms with Crippen LogP contribution < -0.4 is 10.7 Å². The van der Waals surface area contributed by atoms with E-state index in [9.17, 15) is 14.0 Å². The Morgan fingerprint density at radius 2 is 2.00 bits per heavy atom. The lowest BCUT2D eigenvalue weighted by Gasteiger charge is -2.12. The summed E-state index contributed by atoms with van der Waals surface area (Å²) in [4.78, 5) is 25.2. The molecule has 3 rings (SSSR count). The second-order valence-electron chi connectivity index (χ2n) is 5.64. The van der Waals surface area contributed by atoms with E-state index in [-0.39, 0.29) is 11.0 Å². The third-order valence-corrected chi connectivity index (χ3v) is 3.90. The average Bonchev–Trinajstić information content (AvgIpc) is 2.55. The molecule has 1 heterocycles. The quantitative estimate of drug-likeness (QED) is 0.798. The molecule has 1 N–H and O–H groups in total. The number of hydrogen-bond acceptors (Lipinski definition) is 2. The summed E-state index contributed by atoms with van der Waals surface area (Å²) >= 11 is 0. The van der Waals surface area contributed by atoms with Crippen LogP contribution in [0.5, 0.6) is 0 Å². The van der Waals surface area contributed by atoms with E-state index < -0.39 is 11.7 Å². The fraction of sp³-hybridized carbons (Fsp3) is 0.158. The Morgan fingerprint density at radius 3 is 2.71 bits per heavy atom. The summed E-state index contributed by atoms with van der Waals surface area (Å²) in [7, 11) is 0. The van der Waals surface area contributed by atoms with Crippen molar-refractivity contribution in [1.29, 1.82) is 0 Å². The second kappa shape index (κ2) is 6.28. The van der Waals surface area contributed by atoms with E-state index in [1.807, 2.05) is 30.5 Å². The largest absolute Gasteiger partial charge is 0.347 e. The molecule has 0 fully saturated rings. The molecule has 0 aliphatic heterocycles. The monoisotopic (exact) mass is 324 g/mol. The van der Waals surface area contributed by atoms with Crippen LogP contribution in [0.2, 0.25) is 0 Å². The maximum Gasteiger partial charge on any atom is 0.261 e. The lowest BCUT2D eigenvalue weighted by Crippen LogP contribution is -2.24. The van der Waals surface area contributed by atoms with Crippen molar-refractivity contribution in [2.75, 3.05) is 5.32 Å². The number of aryl methyl sites for hydroxylation is 2. The van der Waals surface area contributed by atoms with Crippen LogP contribution in [0.25, 0.3) is 10.9 Å². The number of nitrogens with zero attached hydrogens (tertiary/aromatic N) is 1. The van der Waals surface area contributed by atoms with Crippen LogP contribution in [0.15, 0.2) is 53.5 Å². The maximum atomic E-state index is 13.3. The first-order valence-electron chi connectivity index (χ1n) is 7.70. The Bertz CT molecular complexity index is 992. The Balaban J connectivity index is 2.10. The number of carbonyl (C=O) groups excluding carboxylic acids is 1. The first kappa shape index (κ1) is 15.9. The van der Waals surface area contributed by atoms with E-state index in [0.29, 0.717) is 17.6 Å². The van der Waals surface area contributed by atoms with E-state index in [1.165, 1.54) is 18.2 Å². The van der Waals surface area contributed by atoms with Crippen LogP contribution in [0.4, 0.5) is 10.1 Å². The highest BCUT2D eigenvalue weighted by molar-refractivity contribution is 6.05. The molecule has 3 aromatic rings. The molecule has 4 nitrogen and oxygen atoms in total. The summed E-state index contributed by atoms with van der Waals surface area (Å²) in [6.45, 7) is 4.47. The number of halogens is 1. The fourth-order valence-electron chi connectivity index (χ4n) is 2.70. The summed E-state index contributed by atoms with van der Waals surface area (Å²) in [5.41, 5.74) is 1.76. The van der Waals surface area contributed by atoms with Crippen LogP contribution in [0.1, 0.15) is 22.8 Å². The van der Waals surface area contributed by atoms with Gasteiger partial charge in [-0.3, -0.25) is 9.59 Å². The maximum absolute atomic E-state index is 13.3. The third kappa shape index (κ3) is 2.93. The van der Waals surface area contributed by atoms with E-state index >= 15 is 0 Å². The normalized spacial score (nSPS) is 10.8. The smallest absolute Gasteiger partial charge is 0.261 e. The first-order valence-corrected chi connectivity index (χ1v) is 7.70. The molecule has 2 aromatic carbocycles. The summed E-state index contributed by atoms with van der Waals surface area (Å²) in [5, 5.41) is 3.08. The minimum atomic E-state index is -0.545. The first-order chi connectivity index (χ1) is 11.5. The summed E-state index contributed by atoms with van der Waals surface area (Å²) in [5.74, 6) is -0.996. The van der Waals surface area contributed by atoms with Gasteiger partial charge < -0.3 is 9.88 Å². The molecule has 0 saturated carbocycles. The number of benzene rings is 2. The van der Waals surface area contributed by atoms with E-state index in [1.54, 1.807) is 18.3 Å². The summed E-state index contributed by atoms with van der Waals surface area (Å²) in [6, 6.07) is 11.2. The molecular weight excluding hydrogens is 307 g/mol. The Kier molecular flexibility index (Phi) is 4.16. The molecule has 0 spiro atoms. The molecule has 0 aliphatic carbocycles. The topological polar surface area (TPSA) is 51.1 Å². The number of fused-ring (bicyclic) bond motifs is 1. The minimum absolute atomic E-state index is 0.0409. The number of carbonyl (C=O) groups is 1. The van der Waals surface area contributed by atoms with Crippen molar-refractivity contribution in [3.63, 3.8) is 0 Å². The molecule has 0 unspecified atom stereocenters. The second-order valence-corrected chi connectivity index (χ2v) is 5.64. The highest BCUT2D eigenvalue weighted by atomic mass is 19.1. The predicted octanol–water partition coefficient (Wildman–Crippen LogP) is 3.72. The van der Waals surface area contributed by atoms with Gasteiger partial charge in [0.15, 0.2) is 0 Å². The standard InChI is InChI=1S/C19H17FN2O2/c1-3-22-11-16(18(23)15-9-12(2)7-8-17(15)22)19(24)21-14-6-4-5-13(20)10-14/h4-11H,3H2,1-2H3,(H,21,24). The number of amides is 1. The van der Waals surface area contributed by atoms with Crippen molar-refractivity contribution in [3.05, 3.63) is 75.8 Å². The van der Waals surface area contributed by atoms with E-state index in [2.05, 4.69) is 5.32 Å². The SMILES string of the molecule is CCn1cc(C(=O)Nc2cccc(F)c2)c(=O)c2cc(C)ccc21. The van der Waals surface area contributed by atoms with Gasteiger partial charge in [0.05, 0.1) is 5.52 Å². The van der Waals surface area contributed by atoms with Gasteiger partial charge in [-0.2, -0.15) is 0 Å². The van der Waals surface area contributed by atoms with Crippen molar-refractivity contribution < 1.29 is 9.18 Å². The number of anilines is 1. The van der Waals surface area contributed by atoms with Gasteiger partial charge in [0.2, 0.25) is 5.43 Å². The Hall–Kier alpha value is -2.95. The number of rotatable bonds is 3. The van der Waals surface area contributed by atoms with Crippen LogP contribution in [-0.2, 0) is 6.54 Å². The van der Waals surface area contributed by atoms with Gasteiger partial charge in [0, 0.05) is 23.8 Å². The average molecular weight is 324 g/mol. The fourth-order valence-corrected chi connectivity index (χ4v) is 2.70. The van der Waals surface area contributed by atoms with Gasteiger partial charge in [-0.1, -0.05) is 17.7 Å². The van der Waals surface area contributed by atoms with Crippen LogP contribution in [0.3, 0.4) is 0 Å². The molecule has 0 bridgehead atoms. The van der Waals surface area contributed by atoms with Crippen molar-refractivity contribution >= 4 is 22.5 Å². The van der Waals surface area contributed by atoms with Crippen LogP contribution in [-0.4, -0.2) is 10.5 Å². The molecule has 1 aromatic heterocycles. The van der Waals surface area contributed by atoms with E-state index in [4.69, 9.17) is 0 Å². The lowest BCUT2D eigenvalue weighted by atomic mass is 10.1. The van der Waals surface area contributed by atoms with Crippen LogP contribution >= 0.6 is 0 Å². The highest BCUT2D eigenvalue weighted by Gasteiger charge is 2.15. The number of hydrogen-bond donors (Lipinski definition) is 1. The van der Waals surface area contributed by atoms with Crippen molar-refractivity contribution in [1.82, 2.24) is 4.57 Å². The zero-order chi connectivity index (χ0) is 17.3. The Labute approximate surface area is 138 Å². The molecule has 122 valence electrons. The molecule has 0 aliphatic rings. The Morgan fingerprint density at radius 1 is 1.21 bits per heavy atom. The molecular formula is C19H17FN2O2. The minimum Gasteiger partial charge on any atom is -0.347 e. The predicted molar refractivity (Wildman–Crippen MR) is 93.0 cm³/mol. The van der Waals surface area contributed by atoms with Crippen LogP contribution in [0, 0.1) is 12.7 Å². The van der Waals surface area contributed by atoms with Gasteiger partial charge in [0.1, 0.15) is 11.4 Å². The van der Waals surface area contributed by atoms with Crippen molar-refractivity contribution in [2.24, 2.45) is 0 Å². The molecule has 0 saturated heterocycles. The lowest BCUT2D eigenvalue weighted by molar-refractivity contribution is 0.102. The third-order valence-electron chi connectivity index (χ3n) is 3.90. The van der Waals surface area contributed by atoms with E-state index in [0.717, 1.165) is 11.1 Å². The molecule has 5 heteroatoms. The molecule has 0 atom stereocenters. The van der Waals surface area contributed by atoms with Crippen molar-refractivity contribution in [2.45, 2.75) is 20.4 Å². The van der Waals surface area contributed by atoms with Gasteiger partial charge in [-0.15, -0.1) is 0 Å². The highest BCUT2D eigenvalue weighted by Crippen LogP contribution is 2.16. The van der Waals surface area contributed by atoms with Crippen molar-refractivity contribution in [3.8, 4) is 0 Å². The molecule has 24 heavy (non-hydrogen) atoms. The van der Waals surface area contributed by atoms with Gasteiger partial charge in [-0.05, 0) is 44.2 Å². The number of pyridine rings is 1. The summed E-state index contributed by atoms with van der Waals surface area (Å²) in [6.07, 6.45) is 1.55. The van der Waals surface area contributed by atoms with Gasteiger partial charge in [-0.25, -0.2) is 4.39 Å². The molecule has 1 amide bonds. The number of nitrogens with one attached hydrogen (secondary N) is 1. The van der Waals surface area contributed by atoms with Gasteiger partial charge >= 0.3 is 0 Å². The van der Waals surface area contributed by atoms with Gasteiger partial charge in [0.25, 0.3) is 5.91 Å². The molecule has 0 radical (unpaired) electrons. The zero-order valence-corrected chi connectivity index (χ0v) is 13.5.